The molecule has 1 aromatic heterocycles. The van der Waals surface area contributed by atoms with Crippen molar-refractivity contribution in [1.82, 2.24) is 19.8 Å². The zero-order chi connectivity index (χ0) is 40.7. The number of Topliss-reactive ketones (excluding diaryl/α,β-unsaturated/α-hetero) is 2. The van der Waals surface area contributed by atoms with Crippen molar-refractivity contribution in [3.63, 3.8) is 0 Å². The molecule has 5 rings (SSSR count). The summed E-state index contributed by atoms with van der Waals surface area (Å²) in [6.45, 7) is 5.41. The van der Waals surface area contributed by atoms with Crippen LogP contribution in [0.4, 0.5) is 0 Å². The number of unbranched alkanes of at least 4 members (excludes halogenated alkanes) is 1. The molecule has 1 saturated heterocycles. The molecule has 4 atom stereocenters. The van der Waals surface area contributed by atoms with E-state index in [1.165, 1.54) is 0 Å². The Balaban J connectivity index is 1.26. The number of hydrogen-bond acceptors (Lipinski definition) is 7. The Morgan fingerprint density at radius 2 is 1.37 bits per heavy atom. The van der Waals surface area contributed by atoms with Gasteiger partial charge in [0.25, 0.3) is 0 Å². The number of amides is 2. The number of piperidine rings is 1. The normalized spacial score (nSPS) is 15.5. The predicted molar refractivity (Wildman–Crippen MR) is 224 cm³/mol. The number of hydrogen-bond donors (Lipinski definition) is 4. The lowest BCUT2D eigenvalue weighted by Crippen LogP contribution is -2.48. The van der Waals surface area contributed by atoms with Crippen LogP contribution in [0.1, 0.15) is 82.4 Å². The van der Waals surface area contributed by atoms with Crippen molar-refractivity contribution < 1.29 is 19.2 Å². The Bertz CT molecular complexity index is 1940. The average Bonchev–Trinajstić information content (AvgIpc) is 3.61. The average molecular weight is 777 g/mol. The quantitative estimate of drug-likeness (QED) is 0.0794. The topological polar surface area (TPSA) is 173 Å². The summed E-state index contributed by atoms with van der Waals surface area (Å²) in [5, 5.41) is 3.03. The van der Waals surface area contributed by atoms with Gasteiger partial charge in [-0.2, -0.15) is 0 Å². The van der Waals surface area contributed by atoms with Gasteiger partial charge in [0.2, 0.25) is 11.8 Å². The molecule has 57 heavy (non-hydrogen) atoms. The third-order valence-corrected chi connectivity index (χ3v) is 11.1. The maximum atomic E-state index is 14.2. The lowest BCUT2D eigenvalue weighted by Gasteiger charge is -2.35. The molecule has 1 unspecified atom stereocenters. The molecule has 0 spiro atoms. The van der Waals surface area contributed by atoms with Crippen LogP contribution in [-0.4, -0.2) is 69.5 Å². The van der Waals surface area contributed by atoms with Gasteiger partial charge in [-0.25, -0.2) is 4.79 Å². The molecule has 0 radical (unpaired) electrons. The van der Waals surface area contributed by atoms with Gasteiger partial charge in [-0.15, -0.1) is 0 Å². The number of rotatable bonds is 21. The monoisotopic (exact) mass is 776 g/mol. The highest BCUT2D eigenvalue weighted by molar-refractivity contribution is 5.94. The van der Waals surface area contributed by atoms with E-state index in [-0.39, 0.29) is 53.9 Å². The second kappa shape index (κ2) is 21.4. The number of ketones is 2. The lowest BCUT2D eigenvalue weighted by molar-refractivity contribution is -0.140. The summed E-state index contributed by atoms with van der Waals surface area (Å²) >= 11 is 0. The van der Waals surface area contributed by atoms with Crippen LogP contribution in [0.5, 0.6) is 0 Å². The molecule has 6 N–H and O–H groups in total. The summed E-state index contributed by atoms with van der Waals surface area (Å²) in [7, 11) is 0. The molecule has 2 heterocycles. The predicted octanol–water partition coefficient (Wildman–Crippen LogP) is 5.63. The Kier molecular flexibility index (Phi) is 16.2. The fourth-order valence-electron chi connectivity index (χ4n) is 7.87. The van der Waals surface area contributed by atoms with Gasteiger partial charge in [-0.1, -0.05) is 111 Å². The van der Waals surface area contributed by atoms with Crippen LogP contribution in [-0.2, 0) is 32.0 Å². The molecule has 11 heteroatoms. The first-order chi connectivity index (χ1) is 27.5. The first-order valence-electron chi connectivity index (χ1n) is 20.6. The molecule has 0 aliphatic carbocycles. The number of nitrogens with one attached hydrogen (secondary N) is 2. The molecular weight excluding hydrogens is 717 g/mol. The van der Waals surface area contributed by atoms with Crippen molar-refractivity contribution in [2.45, 2.75) is 96.2 Å². The molecule has 11 nitrogen and oxygen atoms in total. The summed E-state index contributed by atoms with van der Waals surface area (Å²) < 4.78 is 1.74. The maximum absolute atomic E-state index is 14.2. The Morgan fingerprint density at radius 3 is 1.96 bits per heavy atom. The van der Waals surface area contributed by atoms with Gasteiger partial charge < -0.3 is 26.7 Å². The van der Waals surface area contributed by atoms with E-state index in [1.807, 2.05) is 116 Å². The van der Waals surface area contributed by atoms with E-state index >= 15 is 0 Å². The number of carbonyl (C=O) groups is 4. The van der Waals surface area contributed by atoms with E-state index in [0.29, 0.717) is 64.6 Å². The molecule has 304 valence electrons. The SMILES string of the molecule is CC(C)C[C@@H](NC(=O)[C@H](CC(=O)C(N)Cc1ccccc1)Cc1ccccc1)C(=O)C[C@H](CCCCN)C(=O)N1CCC(n2cc(-c3ccccc3)[nH]c2=O)CC1. The zero-order valence-electron chi connectivity index (χ0n) is 33.5. The number of benzene rings is 3. The molecule has 0 bridgehead atoms. The van der Waals surface area contributed by atoms with E-state index in [1.54, 1.807) is 4.57 Å². The van der Waals surface area contributed by atoms with Gasteiger partial charge in [0, 0.05) is 50.0 Å². The van der Waals surface area contributed by atoms with Crippen molar-refractivity contribution in [1.29, 1.82) is 0 Å². The third-order valence-electron chi connectivity index (χ3n) is 11.1. The van der Waals surface area contributed by atoms with E-state index in [9.17, 15) is 24.0 Å². The third kappa shape index (κ3) is 12.7. The molecule has 1 fully saturated rings. The zero-order valence-corrected chi connectivity index (χ0v) is 33.5. The fourth-order valence-corrected chi connectivity index (χ4v) is 7.87. The van der Waals surface area contributed by atoms with Crippen LogP contribution < -0.4 is 22.5 Å². The molecule has 4 aromatic rings. The highest BCUT2D eigenvalue weighted by atomic mass is 16.2. The standard InChI is InChI=1S/C46H60N6O5/c1-32(2)26-40(49-44(55)37(27-33-14-6-3-7-15-33)30-42(53)39(48)28-34-16-8-4-9-17-34)43(54)29-36(20-12-13-23-47)45(56)51-24-21-38(22-25-51)52-31-41(50-46(52)57)35-18-10-5-11-19-35/h3-11,14-19,31-32,36-40H,12-13,20-30,47-48H2,1-2H3,(H,49,55)(H,50,57)/t36-,37-,39?,40+/m0/s1. The summed E-state index contributed by atoms with van der Waals surface area (Å²) in [6.07, 6.45) is 6.03. The van der Waals surface area contributed by atoms with Crippen molar-refractivity contribution in [3.05, 3.63) is 119 Å². The Morgan fingerprint density at radius 1 is 0.789 bits per heavy atom. The largest absolute Gasteiger partial charge is 0.346 e. The van der Waals surface area contributed by atoms with Gasteiger partial charge in [0.05, 0.1) is 17.8 Å². The maximum Gasteiger partial charge on any atom is 0.326 e. The van der Waals surface area contributed by atoms with Gasteiger partial charge in [-0.05, 0) is 74.1 Å². The Labute approximate surface area is 336 Å². The Hall–Kier alpha value is -5.13. The first kappa shape index (κ1) is 43.0. The number of carbonyl (C=O) groups excluding carboxylic acids is 4. The van der Waals surface area contributed by atoms with Crippen LogP contribution in [0, 0.1) is 17.8 Å². The minimum Gasteiger partial charge on any atom is -0.346 e. The van der Waals surface area contributed by atoms with Crippen molar-refractivity contribution in [3.8, 4) is 11.3 Å². The highest BCUT2D eigenvalue weighted by Crippen LogP contribution is 2.27. The smallest absolute Gasteiger partial charge is 0.326 e. The second-order valence-corrected chi connectivity index (χ2v) is 16.0. The highest BCUT2D eigenvalue weighted by Gasteiger charge is 2.34. The van der Waals surface area contributed by atoms with Crippen LogP contribution >= 0.6 is 0 Å². The molecule has 1 aliphatic rings. The summed E-state index contributed by atoms with van der Waals surface area (Å²) in [4.78, 5) is 73.7. The lowest BCUT2D eigenvalue weighted by atomic mass is 9.87. The van der Waals surface area contributed by atoms with Crippen LogP contribution in [0.25, 0.3) is 11.3 Å². The summed E-state index contributed by atoms with van der Waals surface area (Å²) in [5.74, 6) is -2.09. The molecule has 0 saturated carbocycles. The van der Waals surface area contributed by atoms with Crippen molar-refractivity contribution in [2.24, 2.45) is 29.2 Å². The number of imidazole rings is 1. The van der Waals surface area contributed by atoms with E-state index < -0.39 is 23.9 Å². The van der Waals surface area contributed by atoms with Crippen molar-refractivity contribution in [2.75, 3.05) is 19.6 Å². The van der Waals surface area contributed by atoms with E-state index in [2.05, 4.69) is 10.3 Å². The number of nitrogens with two attached hydrogens (primary N) is 2. The number of H-pyrrole nitrogens is 1. The number of likely N-dealkylation sites (tertiary alicyclic amines) is 1. The van der Waals surface area contributed by atoms with Gasteiger partial charge >= 0.3 is 5.69 Å². The molecule has 2 amide bonds. The first-order valence-corrected chi connectivity index (χ1v) is 20.6. The van der Waals surface area contributed by atoms with Crippen molar-refractivity contribution >= 4 is 23.4 Å². The number of aromatic amines is 1. The van der Waals surface area contributed by atoms with E-state index in [0.717, 1.165) is 28.8 Å². The number of aromatic nitrogens is 2. The van der Waals surface area contributed by atoms with Crippen LogP contribution in [0.3, 0.4) is 0 Å². The van der Waals surface area contributed by atoms with Crippen LogP contribution in [0.2, 0.25) is 0 Å². The summed E-state index contributed by atoms with van der Waals surface area (Å²) in [5.41, 5.74) is 15.5. The molecule has 1 aliphatic heterocycles. The fraction of sp³-hybridized carbons (Fsp3) is 0.457. The van der Waals surface area contributed by atoms with E-state index in [4.69, 9.17) is 11.5 Å². The van der Waals surface area contributed by atoms with Gasteiger partial charge in [-0.3, -0.25) is 23.7 Å². The summed E-state index contributed by atoms with van der Waals surface area (Å²) in [6, 6.07) is 27.1. The minimum absolute atomic E-state index is 0.0110. The van der Waals surface area contributed by atoms with Gasteiger partial charge in [0.1, 0.15) is 0 Å². The molecule has 3 aromatic carbocycles. The molecular formula is C46H60N6O5. The van der Waals surface area contributed by atoms with Gasteiger partial charge in [0.15, 0.2) is 11.6 Å². The number of nitrogens with zero attached hydrogens (tertiary/aromatic N) is 2. The second-order valence-electron chi connectivity index (χ2n) is 16.0. The van der Waals surface area contributed by atoms with Crippen LogP contribution in [0.15, 0.2) is 102 Å². The minimum atomic E-state index is -0.821.